The predicted molar refractivity (Wildman–Crippen MR) is 82.4 cm³/mol. The Morgan fingerprint density at radius 3 is 2.25 bits per heavy atom. The van der Waals surface area contributed by atoms with E-state index in [1.165, 1.54) is 18.2 Å². The average molecular weight is 325 g/mol. The summed E-state index contributed by atoms with van der Waals surface area (Å²) >= 11 is 0. The van der Waals surface area contributed by atoms with Crippen LogP contribution in [-0.2, 0) is 4.74 Å². The standard InChI is InChI=1S/C17H11NO6/c1-2-24-17(21)12-8-7-11-13(14(12)18(22)23)16(20)10-6-4-3-5-9(10)15(11)19/h3-8H,2H2,1H3. The van der Waals surface area contributed by atoms with Gasteiger partial charge in [-0.3, -0.25) is 19.7 Å². The second kappa shape index (κ2) is 5.69. The molecule has 0 saturated carbocycles. The Kier molecular flexibility index (Phi) is 3.69. The van der Waals surface area contributed by atoms with Gasteiger partial charge in [0.25, 0.3) is 5.69 Å². The summed E-state index contributed by atoms with van der Waals surface area (Å²) in [6.45, 7) is 1.59. The number of benzene rings is 2. The first-order valence-electron chi connectivity index (χ1n) is 7.14. The van der Waals surface area contributed by atoms with Crippen molar-refractivity contribution in [3.63, 3.8) is 0 Å². The van der Waals surface area contributed by atoms with Crippen molar-refractivity contribution >= 4 is 23.2 Å². The normalized spacial score (nSPS) is 12.4. The van der Waals surface area contributed by atoms with Gasteiger partial charge in [-0.15, -0.1) is 0 Å². The van der Waals surface area contributed by atoms with E-state index in [1.807, 2.05) is 0 Å². The van der Waals surface area contributed by atoms with Gasteiger partial charge in [0.15, 0.2) is 5.78 Å². The van der Waals surface area contributed by atoms with Crippen LogP contribution in [0, 0.1) is 10.1 Å². The second-order valence-corrected chi connectivity index (χ2v) is 5.07. The van der Waals surface area contributed by atoms with Crippen LogP contribution in [0.15, 0.2) is 36.4 Å². The number of carbonyl (C=O) groups excluding carboxylic acids is 3. The molecule has 7 heteroatoms. The molecule has 2 aromatic carbocycles. The number of nitro groups is 1. The van der Waals surface area contributed by atoms with Crippen LogP contribution in [0.4, 0.5) is 5.69 Å². The summed E-state index contributed by atoms with van der Waals surface area (Å²) in [5, 5.41) is 11.5. The topological polar surface area (TPSA) is 104 Å². The zero-order valence-corrected chi connectivity index (χ0v) is 12.6. The molecule has 0 bridgehead atoms. The minimum Gasteiger partial charge on any atom is -0.462 e. The van der Waals surface area contributed by atoms with Gasteiger partial charge in [0.2, 0.25) is 5.78 Å². The van der Waals surface area contributed by atoms with E-state index < -0.39 is 28.1 Å². The third kappa shape index (κ3) is 2.18. The van der Waals surface area contributed by atoms with Crippen molar-refractivity contribution in [3.05, 3.63) is 74.3 Å². The lowest BCUT2D eigenvalue weighted by Gasteiger charge is -2.18. The number of esters is 1. The molecule has 1 aliphatic rings. The predicted octanol–water partition coefficient (Wildman–Crippen LogP) is 2.55. The maximum atomic E-state index is 12.7. The highest BCUT2D eigenvalue weighted by Crippen LogP contribution is 2.35. The number of nitro benzene ring substituents is 1. The van der Waals surface area contributed by atoms with Gasteiger partial charge < -0.3 is 4.74 Å². The summed E-state index contributed by atoms with van der Waals surface area (Å²) in [5.74, 6) is -2.05. The van der Waals surface area contributed by atoms with Gasteiger partial charge in [0.1, 0.15) is 11.1 Å². The fraction of sp³-hybridized carbons (Fsp3) is 0.118. The lowest BCUT2D eigenvalue weighted by Crippen LogP contribution is -2.23. The molecule has 0 aliphatic heterocycles. The highest BCUT2D eigenvalue weighted by atomic mass is 16.6. The van der Waals surface area contributed by atoms with Crippen LogP contribution in [0.25, 0.3) is 0 Å². The molecule has 0 atom stereocenters. The van der Waals surface area contributed by atoms with E-state index in [1.54, 1.807) is 19.1 Å². The molecule has 0 fully saturated rings. The van der Waals surface area contributed by atoms with E-state index in [2.05, 4.69) is 0 Å². The van der Waals surface area contributed by atoms with Gasteiger partial charge >= 0.3 is 5.97 Å². The third-order valence-electron chi connectivity index (χ3n) is 3.74. The first-order chi connectivity index (χ1) is 11.5. The molecule has 0 unspecified atom stereocenters. The lowest BCUT2D eigenvalue weighted by molar-refractivity contribution is -0.385. The molecule has 0 saturated heterocycles. The molecule has 3 rings (SSSR count). The zero-order valence-electron chi connectivity index (χ0n) is 12.6. The van der Waals surface area contributed by atoms with Crippen LogP contribution >= 0.6 is 0 Å². The monoisotopic (exact) mass is 325 g/mol. The minimum atomic E-state index is -0.911. The SMILES string of the molecule is CCOC(=O)c1ccc2c(c1[N+](=O)[O-])C(=O)c1ccccc1C2=O. The van der Waals surface area contributed by atoms with Crippen LogP contribution < -0.4 is 0 Å². The van der Waals surface area contributed by atoms with E-state index in [0.29, 0.717) is 0 Å². The van der Waals surface area contributed by atoms with Gasteiger partial charge in [0.05, 0.1) is 11.5 Å². The largest absolute Gasteiger partial charge is 0.462 e. The van der Waals surface area contributed by atoms with Crippen LogP contribution in [0.2, 0.25) is 0 Å². The Labute approximate surface area is 136 Å². The highest BCUT2D eigenvalue weighted by molar-refractivity contribution is 6.30. The Morgan fingerprint density at radius 1 is 1.04 bits per heavy atom. The Hall–Kier alpha value is -3.35. The van der Waals surface area contributed by atoms with Gasteiger partial charge in [0, 0.05) is 16.7 Å². The minimum absolute atomic E-state index is 0.0305. The van der Waals surface area contributed by atoms with Crippen molar-refractivity contribution in [2.75, 3.05) is 6.61 Å². The first-order valence-corrected chi connectivity index (χ1v) is 7.14. The van der Waals surface area contributed by atoms with Crippen LogP contribution in [0.5, 0.6) is 0 Å². The molecule has 0 radical (unpaired) electrons. The summed E-state index contributed by atoms with van der Waals surface area (Å²) in [6.07, 6.45) is 0. The molecule has 24 heavy (non-hydrogen) atoms. The molecule has 0 heterocycles. The maximum absolute atomic E-state index is 12.7. The highest BCUT2D eigenvalue weighted by Gasteiger charge is 2.38. The van der Waals surface area contributed by atoms with E-state index >= 15 is 0 Å². The molecular formula is C17H11NO6. The smallest absolute Gasteiger partial charge is 0.345 e. The molecule has 120 valence electrons. The Morgan fingerprint density at radius 2 is 1.67 bits per heavy atom. The molecule has 1 aliphatic carbocycles. The number of rotatable bonds is 3. The molecule has 0 aromatic heterocycles. The molecule has 0 amide bonds. The average Bonchev–Trinajstić information content (AvgIpc) is 2.58. The number of carbonyl (C=O) groups is 3. The van der Waals surface area contributed by atoms with E-state index in [-0.39, 0.29) is 34.4 Å². The summed E-state index contributed by atoms with van der Waals surface area (Å²) in [4.78, 5) is 47.9. The summed E-state index contributed by atoms with van der Waals surface area (Å²) < 4.78 is 4.80. The van der Waals surface area contributed by atoms with Crippen LogP contribution in [0.1, 0.15) is 49.1 Å². The van der Waals surface area contributed by atoms with Gasteiger partial charge in [-0.2, -0.15) is 0 Å². The van der Waals surface area contributed by atoms with E-state index in [0.717, 1.165) is 6.07 Å². The first kappa shape index (κ1) is 15.5. The maximum Gasteiger partial charge on any atom is 0.345 e. The number of fused-ring (bicyclic) bond motifs is 2. The van der Waals surface area contributed by atoms with Crippen molar-refractivity contribution in [2.24, 2.45) is 0 Å². The second-order valence-electron chi connectivity index (χ2n) is 5.07. The van der Waals surface area contributed by atoms with Crippen molar-refractivity contribution in [3.8, 4) is 0 Å². The lowest BCUT2D eigenvalue weighted by atomic mass is 9.82. The van der Waals surface area contributed by atoms with Crippen molar-refractivity contribution in [1.82, 2.24) is 0 Å². The number of hydrogen-bond donors (Lipinski definition) is 0. The van der Waals surface area contributed by atoms with Crippen LogP contribution in [-0.4, -0.2) is 29.1 Å². The number of nitrogens with zero attached hydrogens (tertiary/aromatic N) is 1. The summed E-state index contributed by atoms with van der Waals surface area (Å²) in [7, 11) is 0. The zero-order chi connectivity index (χ0) is 17.4. The Balaban J connectivity index is 2.31. The molecule has 0 spiro atoms. The van der Waals surface area contributed by atoms with Crippen LogP contribution in [0.3, 0.4) is 0 Å². The quantitative estimate of drug-likeness (QED) is 0.416. The summed E-state index contributed by atoms with van der Waals surface area (Å²) in [5.41, 5.74) is -1.22. The third-order valence-corrected chi connectivity index (χ3v) is 3.74. The van der Waals surface area contributed by atoms with Gasteiger partial charge in [-0.25, -0.2) is 4.79 Å². The molecule has 0 N–H and O–H groups in total. The van der Waals surface area contributed by atoms with Crippen molar-refractivity contribution in [1.29, 1.82) is 0 Å². The fourth-order valence-electron chi connectivity index (χ4n) is 2.73. The van der Waals surface area contributed by atoms with Gasteiger partial charge in [-0.05, 0) is 19.1 Å². The molecule has 2 aromatic rings. The Bertz CT molecular complexity index is 915. The van der Waals surface area contributed by atoms with E-state index in [9.17, 15) is 24.5 Å². The molecular weight excluding hydrogens is 314 g/mol. The number of ketones is 2. The number of hydrogen-bond acceptors (Lipinski definition) is 6. The van der Waals surface area contributed by atoms with Crippen molar-refractivity contribution in [2.45, 2.75) is 6.92 Å². The van der Waals surface area contributed by atoms with Crippen molar-refractivity contribution < 1.29 is 24.0 Å². The number of ether oxygens (including phenoxy) is 1. The van der Waals surface area contributed by atoms with Gasteiger partial charge in [-0.1, -0.05) is 24.3 Å². The summed E-state index contributed by atoms with van der Waals surface area (Å²) in [6, 6.07) is 8.49. The fourth-order valence-corrected chi connectivity index (χ4v) is 2.73. The molecule has 7 nitrogen and oxygen atoms in total. The van der Waals surface area contributed by atoms with E-state index in [4.69, 9.17) is 4.74 Å².